The van der Waals surface area contributed by atoms with Gasteiger partial charge in [0.25, 0.3) is 0 Å². The van der Waals surface area contributed by atoms with E-state index in [1.165, 1.54) is 23.1 Å². The Morgan fingerprint density at radius 2 is 1.82 bits per heavy atom. The number of hydrogen-bond acceptors (Lipinski definition) is 7. The normalized spacial score (nSPS) is 11.6. The van der Waals surface area contributed by atoms with E-state index in [4.69, 9.17) is 4.74 Å². The van der Waals surface area contributed by atoms with E-state index >= 15 is 0 Å². The van der Waals surface area contributed by atoms with Gasteiger partial charge in [0.05, 0.1) is 18.9 Å². The first-order valence-corrected chi connectivity index (χ1v) is 10.7. The molecule has 0 unspecified atom stereocenters. The summed E-state index contributed by atoms with van der Waals surface area (Å²) in [6.45, 7) is 2.80. The zero-order valence-electron chi connectivity index (χ0n) is 15.7. The van der Waals surface area contributed by atoms with Crippen LogP contribution in [0.25, 0.3) is 0 Å². The van der Waals surface area contributed by atoms with Crippen LogP contribution in [0, 0.1) is 0 Å². The lowest BCUT2D eigenvalue weighted by atomic mass is 9.98. The maximum absolute atomic E-state index is 12.6. The Morgan fingerprint density at radius 1 is 1.11 bits per heavy atom. The summed E-state index contributed by atoms with van der Waals surface area (Å²) < 4.78 is 6.01. The highest BCUT2D eigenvalue weighted by atomic mass is 32.2. The minimum Gasteiger partial charge on any atom is -0.497 e. The van der Waals surface area contributed by atoms with Crippen LogP contribution in [0.2, 0.25) is 0 Å². The molecule has 0 aliphatic heterocycles. The predicted molar refractivity (Wildman–Crippen MR) is 114 cm³/mol. The molecule has 8 heteroatoms. The van der Waals surface area contributed by atoms with E-state index in [1.54, 1.807) is 7.11 Å². The number of rotatable bonds is 9. The Labute approximate surface area is 172 Å². The van der Waals surface area contributed by atoms with Crippen LogP contribution in [-0.2, 0) is 4.79 Å². The van der Waals surface area contributed by atoms with Gasteiger partial charge in [-0.25, -0.2) is 0 Å². The Bertz CT molecular complexity index is 885. The molecule has 0 saturated carbocycles. The van der Waals surface area contributed by atoms with Crippen LogP contribution in [0.5, 0.6) is 5.75 Å². The molecule has 6 nitrogen and oxygen atoms in total. The molecule has 2 aromatic carbocycles. The molecule has 0 radical (unpaired) electrons. The van der Waals surface area contributed by atoms with E-state index in [2.05, 4.69) is 20.8 Å². The monoisotopic (exact) mass is 414 g/mol. The van der Waals surface area contributed by atoms with Crippen molar-refractivity contribution in [3.8, 4) is 5.75 Å². The Morgan fingerprint density at radius 3 is 2.50 bits per heavy atom. The van der Waals surface area contributed by atoms with Crippen molar-refractivity contribution < 1.29 is 9.53 Å². The van der Waals surface area contributed by atoms with Gasteiger partial charge in [0.2, 0.25) is 11.0 Å². The summed E-state index contributed by atoms with van der Waals surface area (Å²) >= 11 is 2.84. The SMILES string of the molecule is CCNc1nnc(SCC(=O)N[C@@H](c2ccccc2)c2ccc(OC)cc2)s1. The lowest BCUT2D eigenvalue weighted by Gasteiger charge is -2.20. The van der Waals surface area contributed by atoms with Crippen LogP contribution in [0.4, 0.5) is 5.13 Å². The van der Waals surface area contributed by atoms with E-state index in [0.29, 0.717) is 0 Å². The summed E-state index contributed by atoms with van der Waals surface area (Å²) in [6.07, 6.45) is 0. The molecule has 3 aromatic rings. The number of carbonyl (C=O) groups excluding carboxylic acids is 1. The van der Waals surface area contributed by atoms with Gasteiger partial charge in [-0.05, 0) is 30.2 Å². The van der Waals surface area contributed by atoms with Crippen molar-refractivity contribution in [1.29, 1.82) is 0 Å². The Balaban J connectivity index is 1.68. The van der Waals surface area contributed by atoms with Crippen LogP contribution < -0.4 is 15.4 Å². The third-order valence-corrected chi connectivity index (χ3v) is 5.96. The molecule has 0 saturated heterocycles. The van der Waals surface area contributed by atoms with Crippen molar-refractivity contribution in [1.82, 2.24) is 15.5 Å². The third kappa shape index (κ3) is 5.46. The number of anilines is 1. The number of methoxy groups -OCH3 is 1. The first-order valence-electron chi connectivity index (χ1n) is 8.88. The predicted octanol–water partition coefficient (Wildman–Crippen LogP) is 3.98. The quantitative estimate of drug-likeness (QED) is 0.516. The molecule has 0 aliphatic carbocycles. The van der Waals surface area contributed by atoms with Gasteiger partial charge in [-0.15, -0.1) is 10.2 Å². The standard InChI is InChI=1S/C20H22N4O2S2/c1-3-21-19-23-24-20(28-19)27-13-17(25)22-18(14-7-5-4-6-8-14)15-9-11-16(26-2)12-10-15/h4-12,18H,3,13H2,1-2H3,(H,21,23)(H,22,25)/t18-/m0/s1. The van der Waals surface area contributed by atoms with Crippen molar-refractivity contribution >= 4 is 34.1 Å². The zero-order valence-corrected chi connectivity index (χ0v) is 17.3. The van der Waals surface area contributed by atoms with Crippen molar-refractivity contribution in [2.24, 2.45) is 0 Å². The van der Waals surface area contributed by atoms with Gasteiger partial charge in [-0.2, -0.15) is 0 Å². The van der Waals surface area contributed by atoms with Crippen molar-refractivity contribution in [3.05, 3.63) is 65.7 Å². The van der Waals surface area contributed by atoms with E-state index in [1.807, 2.05) is 61.5 Å². The summed E-state index contributed by atoms with van der Waals surface area (Å²) in [6, 6.07) is 17.4. The minimum absolute atomic E-state index is 0.0603. The zero-order chi connectivity index (χ0) is 19.8. The number of aromatic nitrogens is 2. The van der Waals surface area contributed by atoms with Gasteiger partial charge < -0.3 is 15.4 Å². The van der Waals surface area contributed by atoms with Gasteiger partial charge in [-0.3, -0.25) is 4.79 Å². The van der Waals surface area contributed by atoms with Crippen LogP contribution in [0.15, 0.2) is 58.9 Å². The second-order valence-corrected chi connectivity index (χ2v) is 8.08. The Hall–Kier alpha value is -2.58. The first-order chi connectivity index (χ1) is 13.7. The van der Waals surface area contributed by atoms with Gasteiger partial charge in [0, 0.05) is 6.54 Å². The summed E-state index contributed by atoms with van der Waals surface area (Å²) in [5.74, 6) is 1.00. The Kier molecular flexibility index (Phi) is 7.27. The number of thioether (sulfide) groups is 1. The molecule has 1 amide bonds. The number of hydrogen-bond donors (Lipinski definition) is 2. The van der Waals surface area contributed by atoms with E-state index in [0.717, 1.165) is 32.9 Å². The second kappa shape index (κ2) is 10.1. The summed E-state index contributed by atoms with van der Waals surface area (Å²) in [7, 11) is 1.64. The molecular weight excluding hydrogens is 392 g/mol. The average Bonchev–Trinajstić information content (AvgIpc) is 3.19. The van der Waals surface area contributed by atoms with Gasteiger partial charge in [-0.1, -0.05) is 65.6 Å². The molecule has 0 bridgehead atoms. The van der Waals surface area contributed by atoms with Gasteiger partial charge in [0.15, 0.2) is 4.34 Å². The molecule has 1 heterocycles. The maximum Gasteiger partial charge on any atom is 0.231 e. The summed E-state index contributed by atoms with van der Waals surface area (Å²) in [5, 5.41) is 15.2. The molecule has 146 valence electrons. The molecule has 0 fully saturated rings. The number of benzene rings is 2. The highest BCUT2D eigenvalue weighted by Crippen LogP contribution is 2.27. The lowest BCUT2D eigenvalue weighted by molar-refractivity contribution is -0.119. The number of nitrogens with zero attached hydrogens (tertiary/aromatic N) is 2. The smallest absolute Gasteiger partial charge is 0.231 e. The molecule has 1 aromatic heterocycles. The second-order valence-electron chi connectivity index (χ2n) is 5.88. The van der Waals surface area contributed by atoms with Crippen molar-refractivity contribution in [2.75, 3.05) is 24.7 Å². The fourth-order valence-corrected chi connectivity index (χ4v) is 4.25. The van der Waals surface area contributed by atoms with E-state index < -0.39 is 0 Å². The fourth-order valence-electron chi connectivity index (χ4n) is 2.62. The summed E-state index contributed by atoms with van der Waals surface area (Å²) in [5.41, 5.74) is 2.02. The molecule has 28 heavy (non-hydrogen) atoms. The molecule has 0 aliphatic rings. The first kappa shape index (κ1) is 20.2. The molecule has 1 atom stereocenters. The fraction of sp³-hybridized carbons (Fsp3) is 0.250. The topological polar surface area (TPSA) is 76.1 Å². The molecular formula is C20H22N4O2S2. The maximum atomic E-state index is 12.6. The molecule has 2 N–H and O–H groups in total. The van der Waals surface area contributed by atoms with Crippen LogP contribution in [-0.4, -0.2) is 35.5 Å². The van der Waals surface area contributed by atoms with Crippen LogP contribution in [0.3, 0.4) is 0 Å². The molecule has 3 rings (SSSR count). The average molecular weight is 415 g/mol. The number of nitrogens with one attached hydrogen (secondary N) is 2. The van der Waals surface area contributed by atoms with Gasteiger partial charge >= 0.3 is 0 Å². The van der Waals surface area contributed by atoms with Crippen LogP contribution >= 0.6 is 23.1 Å². The van der Waals surface area contributed by atoms with E-state index in [-0.39, 0.29) is 17.7 Å². The highest BCUT2D eigenvalue weighted by Gasteiger charge is 2.17. The van der Waals surface area contributed by atoms with Crippen molar-refractivity contribution in [3.63, 3.8) is 0 Å². The lowest BCUT2D eigenvalue weighted by Crippen LogP contribution is -2.30. The largest absolute Gasteiger partial charge is 0.497 e. The number of carbonyl (C=O) groups is 1. The minimum atomic E-state index is -0.230. The van der Waals surface area contributed by atoms with Gasteiger partial charge in [0.1, 0.15) is 5.75 Å². The highest BCUT2D eigenvalue weighted by molar-refractivity contribution is 8.01. The molecule has 0 spiro atoms. The number of amides is 1. The number of ether oxygens (including phenoxy) is 1. The van der Waals surface area contributed by atoms with E-state index in [9.17, 15) is 4.79 Å². The summed E-state index contributed by atoms with van der Waals surface area (Å²) in [4.78, 5) is 12.6. The van der Waals surface area contributed by atoms with Crippen LogP contribution in [0.1, 0.15) is 24.1 Å². The van der Waals surface area contributed by atoms with Crippen molar-refractivity contribution in [2.45, 2.75) is 17.3 Å². The third-order valence-electron chi connectivity index (χ3n) is 3.95.